The van der Waals surface area contributed by atoms with E-state index in [2.05, 4.69) is 0 Å². The van der Waals surface area contributed by atoms with Gasteiger partial charge in [-0.05, 0) is 18.9 Å². The van der Waals surface area contributed by atoms with Gasteiger partial charge in [0.25, 0.3) is 0 Å². The van der Waals surface area contributed by atoms with Gasteiger partial charge in [0, 0.05) is 30.5 Å². The van der Waals surface area contributed by atoms with E-state index in [-0.39, 0.29) is 12.3 Å². The molecule has 0 saturated carbocycles. The van der Waals surface area contributed by atoms with Crippen molar-refractivity contribution < 1.29 is 19.1 Å². The Labute approximate surface area is 134 Å². The van der Waals surface area contributed by atoms with Gasteiger partial charge in [-0.15, -0.1) is 0 Å². The number of aryl methyl sites for hydroxylation is 1. The fourth-order valence-electron chi connectivity index (χ4n) is 3.30. The fraction of sp³-hybridized carbons (Fsp3) is 0.444. The number of aliphatic carboxylic acids is 1. The maximum atomic E-state index is 12.6. The van der Waals surface area contributed by atoms with Crippen LogP contribution in [0.4, 0.5) is 0 Å². The van der Waals surface area contributed by atoms with Crippen LogP contribution in [0.5, 0.6) is 0 Å². The van der Waals surface area contributed by atoms with Crippen LogP contribution in [0.3, 0.4) is 0 Å². The Bertz CT molecular complexity index is 734. The number of hydrogen-bond acceptors (Lipinski definition) is 3. The Balaban J connectivity index is 1.81. The fourth-order valence-corrected chi connectivity index (χ4v) is 3.30. The molecule has 1 aromatic carbocycles. The van der Waals surface area contributed by atoms with Crippen LogP contribution in [0.25, 0.3) is 11.0 Å². The van der Waals surface area contributed by atoms with Gasteiger partial charge in [-0.2, -0.15) is 0 Å². The van der Waals surface area contributed by atoms with Gasteiger partial charge in [0.1, 0.15) is 11.3 Å². The lowest BCUT2D eigenvalue weighted by atomic mass is 9.97. The average Bonchev–Trinajstić information content (AvgIpc) is 2.93. The van der Waals surface area contributed by atoms with Gasteiger partial charge in [0.2, 0.25) is 5.91 Å². The van der Waals surface area contributed by atoms with Crippen LogP contribution in [-0.4, -0.2) is 35.0 Å². The van der Waals surface area contributed by atoms with Crippen molar-refractivity contribution in [3.8, 4) is 0 Å². The topological polar surface area (TPSA) is 70.8 Å². The number of carbonyl (C=O) groups excluding carboxylic acids is 1. The number of carboxylic acid groups (broad SMARTS) is 1. The highest BCUT2D eigenvalue weighted by atomic mass is 16.4. The second-order valence-electron chi connectivity index (χ2n) is 6.05. The van der Waals surface area contributed by atoms with Crippen molar-refractivity contribution in [1.29, 1.82) is 0 Å². The van der Waals surface area contributed by atoms with Crippen molar-refractivity contribution >= 4 is 22.8 Å². The molecule has 1 aromatic heterocycles. The van der Waals surface area contributed by atoms with E-state index in [0.717, 1.165) is 35.1 Å². The van der Waals surface area contributed by atoms with Gasteiger partial charge in [-0.1, -0.05) is 25.1 Å². The Morgan fingerprint density at radius 2 is 2.13 bits per heavy atom. The lowest BCUT2D eigenvalue weighted by Gasteiger charge is -2.30. The summed E-state index contributed by atoms with van der Waals surface area (Å²) in [4.78, 5) is 25.5. The summed E-state index contributed by atoms with van der Waals surface area (Å²) in [6, 6.07) is 7.73. The first-order chi connectivity index (χ1) is 11.1. The summed E-state index contributed by atoms with van der Waals surface area (Å²) in [6.07, 6.45) is 2.39. The minimum atomic E-state index is -0.814. The summed E-state index contributed by atoms with van der Waals surface area (Å²) in [7, 11) is 0. The standard InChI is InChI=1S/C18H21NO4/c1-2-15-14(13-7-3-4-8-16(13)23-15)10-17(20)19-9-5-6-12(11-19)18(21)22/h3-4,7-8,12H,2,5-6,9-11H2,1H3,(H,21,22). The predicted octanol–water partition coefficient (Wildman–Crippen LogP) is 2.86. The van der Waals surface area contributed by atoms with E-state index in [0.29, 0.717) is 19.5 Å². The van der Waals surface area contributed by atoms with Crippen LogP contribution in [0, 0.1) is 5.92 Å². The lowest BCUT2D eigenvalue weighted by Crippen LogP contribution is -2.43. The molecule has 1 aliphatic heterocycles. The maximum Gasteiger partial charge on any atom is 0.308 e. The summed E-state index contributed by atoms with van der Waals surface area (Å²) < 4.78 is 5.83. The van der Waals surface area contributed by atoms with Gasteiger partial charge in [-0.3, -0.25) is 9.59 Å². The first-order valence-electron chi connectivity index (χ1n) is 8.10. The van der Waals surface area contributed by atoms with E-state index < -0.39 is 11.9 Å². The number of carboxylic acids is 1. The summed E-state index contributed by atoms with van der Waals surface area (Å²) >= 11 is 0. The zero-order chi connectivity index (χ0) is 16.4. The number of likely N-dealkylation sites (tertiary alicyclic amines) is 1. The Morgan fingerprint density at radius 1 is 1.35 bits per heavy atom. The molecule has 0 bridgehead atoms. The number of rotatable bonds is 4. The van der Waals surface area contributed by atoms with Gasteiger partial charge < -0.3 is 14.4 Å². The van der Waals surface area contributed by atoms with Crippen molar-refractivity contribution in [2.45, 2.75) is 32.6 Å². The maximum absolute atomic E-state index is 12.6. The zero-order valence-corrected chi connectivity index (χ0v) is 13.2. The molecule has 1 aliphatic rings. The number of furan rings is 1. The average molecular weight is 315 g/mol. The summed E-state index contributed by atoms with van der Waals surface area (Å²) in [6.45, 7) is 2.96. The second-order valence-corrected chi connectivity index (χ2v) is 6.05. The Morgan fingerprint density at radius 3 is 2.87 bits per heavy atom. The second kappa shape index (κ2) is 6.44. The highest BCUT2D eigenvalue weighted by molar-refractivity contribution is 5.89. The van der Waals surface area contributed by atoms with Crippen LogP contribution in [0.1, 0.15) is 31.1 Å². The third-order valence-corrected chi connectivity index (χ3v) is 4.55. The molecular formula is C18H21NO4. The van der Waals surface area contributed by atoms with E-state index in [1.54, 1.807) is 4.90 Å². The van der Waals surface area contributed by atoms with Crippen LogP contribution in [0.15, 0.2) is 28.7 Å². The predicted molar refractivity (Wildman–Crippen MR) is 86.2 cm³/mol. The molecule has 1 N–H and O–H groups in total. The van der Waals surface area contributed by atoms with E-state index in [1.807, 2.05) is 31.2 Å². The molecule has 0 radical (unpaired) electrons. The van der Waals surface area contributed by atoms with Crippen molar-refractivity contribution in [3.05, 3.63) is 35.6 Å². The Hall–Kier alpha value is -2.30. The smallest absolute Gasteiger partial charge is 0.308 e. The van der Waals surface area contributed by atoms with Gasteiger partial charge in [0.05, 0.1) is 12.3 Å². The zero-order valence-electron chi connectivity index (χ0n) is 13.2. The van der Waals surface area contributed by atoms with Crippen molar-refractivity contribution in [3.63, 3.8) is 0 Å². The van der Waals surface area contributed by atoms with E-state index in [4.69, 9.17) is 9.52 Å². The molecule has 5 heteroatoms. The molecule has 1 unspecified atom stereocenters. The number of benzene rings is 1. The minimum Gasteiger partial charge on any atom is -0.481 e. The third kappa shape index (κ3) is 3.09. The van der Waals surface area contributed by atoms with Gasteiger partial charge >= 0.3 is 5.97 Å². The molecule has 1 atom stereocenters. The number of carbonyl (C=O) groups is 2. The van der Waals surface area contributed by atoms with Crippen molar-refractivity contribution in [2.24, 2.45) is 5.92 Å². The number of nitrogens with zero attached hydrogens (tertiary/aromatic N) is 1. The van der Waals surface area contributed by atoms with Crippen LogP contribution < -0.4 is 0 Å². The molecule has 1 fully saturated rings. The van der Waals surface area contributed by atoms with Gasteiger partial charge in [0.15, 0.2) is 0 Å². The molecule has 122 valence electrons. The molecule has 0 aliphatic carbocycles. The normalized spacial score (nSPS) is 18.3. The minimum absolute atomic E-state index is 0.0165. The monoisotopic (exact) mass is 315 g/mol. The van der Waals surface area contributed by atoms with Crippen molar-refractivity contribution in [1.82, 2.24) is 4.90 Å². The highest BCUT2D eigenvalue weighted by Crippen LogP contribution is 2.27. The van der Waals surface area contributed by atoms with E-state index in [1.165, 1.54) is 0 Å². The SMILES string of the molecule is CCc1oc2ccccc2c1CC(=O)N1CCCC(C(=O)O)C1. The van der Waals surface area contributed by atoms with Crippen molar-refractivity contribution in [2.75, 3.05) is 13.1 Å². The molecule has 1 amide bonds. The first-order valence-corrected chi connectivity index (χ1v) is 8.10. The third-order valence-electron chi connectivity index (χ3n) is 4.55. The molecular weight excluding hydrogens is 294 g/mol. The quantitative estimate of drug-likeness (QED) is 0.942. The molecule has 5 nitrogen and oxygen atoms in total. The molecule has 3 rings (SSSR count). The number of piperidine rings is 1. The number of fused-ring (bicyclic) bond motifs is 1. The summed E-state index contributed by atoms with van der Waals surface area (Å²) in [5.74, 6) is -0.437. The van der Waals surface area contributed by atoms with Crippen LogP contribution >= 0.6 is 0 Å². The highest BCUT2D eigenvalue weighted by Gasteiger charge is 2.29. The molecule has 1 saturated heterocycles. The first kappa shape index (κ1) is 15.6. The molecule has 23 heavy (non-hydrogen) atoms. The summed E-state index contributed by atoms with van der Waals surface area (Å²) in [5, 5.41) is 10.1. The Kier molecular flexibility index (Phi) is 4.37. The van der Waals surface area contributed by atoms with E-state index >= 15 is 0 Å². The van der Waals surface area contributed by atoms with Crippen LogP contribution in [0.2, 0.25) is 0 Å². The number of amides is 1. The molecule has 0 spiro atoms. The van der Waals surface area contributed by atoms with E-state index in [9.17, 15) is 9.59 Å². The largest absolute Gasteiger partial charge is 0.481 e. The molecule has 2 aromatic rings. The van der Waals surface area contributed by atoms with Crippen LogP contribution in [-0.2, 0) is 22.4 Å². The van der Waals surface area contributed by atoms with Gasteiger partial charge in [-0.25, -0.2) is 0 Å². The summed E-state index contributed by atoms with van der Waals surface area (Å²) in [5.41, 5.74) is 1.74. The lowest BCUT2D eigenvalue weighted by molar-refractivity contribution is -0.145. The number of hydrogen-bond donors (Lipinski definition) is 1. The number of para-hydroxylation sites is 1. The molecule has 2 heterocycles.